The fraction of sp³-hybridized carbons (Fsp3) is 0.889. The van der Waals surface area contributed by atoms with Gasteiger partial charge in [-0.3, -0.25) is 9.05 Å². The average Bonchev–Trinajstić information content (AvgIpc) is 3.34. The van der Waals surface area contributed by atoms with Crippen LogP contribution in [0.4, 0.5) is 0 Å². The molecule has 0 aliphatic carbocycles. The second-order valence-corrected chi connectivity index (χ2v) is 12.3. The third-order valence-electron chi connectivity index (χ3n) is 6.09. The maximum absolute atomic E-state index is 12.2. The standard InChI is InChI=1S/C27H53N2O7P/c1-5-6-7-8-9-10-11-12-13-14-15-16-17-18-21-32-24-26(36-27-19-22-33-28-27)25-35-37(30,31)34-23-20-29(2,3)4/h19,22,26H,5-18,20-21,23-25H2,1-4H3/p+1. The van der Waals surface area contributed by atoms with Crippen LogP contribution in [-0.4, -0.2) is 74.8 Å². The van der Waals surface area contributed by atoms with Gasteiger partial charge in [-0.15, -0.1) is 0 Å². The molecule has 1 heterocycles. The molecule has 2 unspecified atom stereocenters. The van der Waals surface area contributed by atoms with Crippen molar-refractivity contribution in [2.24, 2.45) is 0 Å². The van der Waals surface area contributed by atoms with Gasteiger partial charge >= 0.3 is 7.82 Å². The Morgan fingerprint density at radius 1 is 0.865 bits per heavy atom. The summed E-state index contributed by atoms with van der Waals surface area (Å²) in [5, 5.41) is 3.73. The van der Waals surface area contributed by atoms with Crippen molar-refractivity contribution in [3.8, 4) is 5.88 Å². The number of likely N-dealkylation sites (N-methyl/N-ethyl adjacent to an activating group) is 1. The second kappa shape index (κ2) is 20.9. The Labute approximate surface area is 225 Å². The molecule has 0 amide bonds. The number of aromatic nitrogens is 1. The molecule has 0 spiro atoms. The molecule has 0 aromatic carbocycles. The first-order valence-electron chi connectivity index (χ1n) is 14.3. The minimum Gasteiger partial charge on any atom is -0.467 e. The van der Waals surface area contributed by atoms with Crippen LogP contribution in [0, 0.1) is 0 Å². The first-order chi connectivity index (χ1) is 17.7. The highest BCUT2D eigenvalue weighted by atomic mass is 31.2. The summed E-state index contributed by atoms with van der Waals surface area (Å²) in [6.07, 6.45) is 19.1. The van der Waals surface area contributed by atoms with Crippen LogP contribution in [-0.2, 0) is 18.3 Å². The third-order valence-corrected chi connectivity index (χ3v) is 7.07. The quantitative estimate of drug-likeness (QED) is 0.0769. The number of hydrogen-bond donors (Lipinski definition) is 1. The zero-order chi connectivity index (χ0) is 27.2. The Kier molecular flexibility index (Phi) is 19.3. The normalized spacial score (nSPS) is 14.5. The van der Waals surface area contributed by atoms with Gasteiger partial charge in [-0.05, 0) is 11.6 Å². The molecular formula is C27H54N2O7P+. The van der Waals surface area contributed by atoms with Gasteiger partial charge in [0.05, 0.1) is 34.4 Å². The molecule has 218 valence electrons. The van der Waals surface area contributed by atoms with Crippen LogP contribution in [0.25, 0.3) is 0 Å². The first-order valence-corrected chi connectivity index (χ1v) is 15.8. The molecule has 1 aromatic rings. The van der Waals surface area contributed by atoms with Gasteiger partial charge in [-0.2, -0.15) is 0 Å². The van der Waals surface area contributed by atoms with E-state index < -0.39 is 13.9 Å². The molecule has 1 rings (SSSR count). The topological polar surface area (TPSA) is 100 Å². The fourth-order valence-electron chi connectivity index (χ4n) is 3.81. The van der Waals surface area contributed by atoms with Crippen LogP contribution in [0.1, 0.15) is 96.8 Å². The van der Waals surface area contributed by atoms with Crippen LogP contribution < -0.4 is 4.74 Å². The van der Waals surface area contributed by atoms with Gasteiger partial charge in [0.15, 0.2) is 0 Å². The van der Waals surface area contributed by atoms with E-state index in [0.717, 1.165) is 12.8 Å². The van der Waals surface area contributed by atoms with Crippen molar-refractivity contribution in [3.63, 3.8) is 0 Å². The smallest absolute Gasteiger partial charge is 0.467 e. The molecule has 0 aliphatic heterocycles. The summed E-state index contributed by atoms with van der Waals surface area (Å²) in [6, 6.07) is 1.57. The fourth-order valence-corrected chi connectivity index (χ4v) is 4.55. The van der Waals surface area contributed by atoms with Gasteiger partial charge in [0.1, 0.15) is 25.5 Å². The monoisotopic (exact) mass is 549 g/mol. The lowest BCUT2D eigenvalue weighted by Crippen LogP contribution is -2.37. The van der Waals surface area contributed by atoms with Crippen molar-refractivity contribution in [2.45, 2.75) is 103 Å². The van der Waals surface area contributed by atoms with Crippen LogP contribution in [0.3, 0.4) is 0 Å². The van der Waals surface area contributed by atoms with Gasteiger partial charge in [0, 0.05) is 12.7 Å². The third kappa shape index (κ3) is 21.6. The van der Waals surface area contributed by atoms with E-state index in [-0.39, 0.29) is 25.7 Å². The second-order valence-electron chi connectivity index (χ2n) is 10.9. The van der Waals surface area contributed by atoms with Crippen molar-refractivity contribution >= 4 is 7.82 Å². The number of phosphoric ester groups is 1. The molecule has 0 saturated carbocycles. The summed E-state index contributed by atoms with van der Waals surface area (Å²) in [6.45, 7) is 3.61. The lowest BCUT2D eigenvalue weighted by atomic mass is 10.0. The van der Waals surface area contributed by atoms with Gasteiger partial charge < -0.3 is 23.4 Å². The molecule has 0 radical (unpaired) electrons. The Morgan fingerprint density at radius 2 is 1.43 bits per heavy atom. The number of unbranched alkanes of at least 4 members (excludes halogenated alkanes) is 13. The van der Waals surface area contributed by atoms with Gasteiger partial charge in [-0.25, -0.2) is 4.57 Å². The zero-order valence-electron chi connectivity index (χ0n) is 23.9. The molecule has 0 saturated heterocycles. The molecule has 1 aromatic heterocycles. The summed E-state index contributed by atoms with van der Waals surface area (Å²) in [7, 11) is 1.74. The summed E-state index contributed by atoms with van der Waals surface area (Å²) < 4.78 is 39.3. The van der Waals surface area contributed by atoms with E-state index in [1.54, 1.807) is 6.07 Å². The van der Waals surface area contributed by atoms with Crippen molar-refractivity contribution in [1.82, 2.24) is 5.16 Å². The number of hydrogen-bond acceptors (Lipinski definition) is 7. The van der Waals surface area contributed by atoms with Crippen molar-refractivity contribution in [2.75, 3.05) is 54.1 Å². The maximum atomic E-state index is 12.2. The lowest BCUT2D eigenvalue weighted by Gasteiger charge is -2.24. The minimum atomic E-state index is -4.19. The predicted octanol–water partition coefficient (Wildman–Crippen LogP) is 6.76. The van der Waals surface area contributed by atoms with Crippen LogP contribution in [0.2, 0.25) is 0 Å². The Morgan fingerprint density at radius 3 is 1.95 bits per heavy atom. The van der Waals surface area contributed by atoms with Crippen LogP contribution >= 0.6 is 7.82 Å². The summed E-state index contributed by atoms with van der Waals surface area (Å²) >= 11 is 0. The van der Waals surface area contributed by atoms with E-state index >= 15 is 0 Å². The molecule has 0 aliphatic rings. The van der Waals surface area contributed by atoms with Gasteiger partial charge in [0.25, 0.3) is 5.88 Å². The predicted molar refractivity (Wildman–Crippen MR) is 147 cm³/mol. The molecule has 1 N–H and O–H groups in total. The molecule has 2 atom stereocenters. The Bertz CT molecular complexity index is 683. The number of quaternary nitrogens is 1. The van der Waals surface area contributed by atoms with E-state index in [4.69, 9.17) is 23.0 Å². The SMILES string of the molecule is CCCCCCCCCCCCCCCCOCC(COP(=O)(O)OCC[N+](C)(C)C)Oc1ccon1. The molecule has 10 heteroatoms. The van der Waals surface area contributed by atoms with Crippen molar-refractivity contribution in [1.29, 1.82) is 0 Å². The van der Waals surface area contributed by atoms with E-state index in [1.807, 2.05) is 21.1 Å². The van der Waals surface area contributed by atoms with E-state index in [0.29, 0.717) is 17.6 Å². The van der Waals surface area contributed by atoms with E-state index in [9.17, 15) is 9.46 Å². The molecule has 37 heavy (non-hydrogen) atoms. The minimum absolute atomic E-state index is 0.113. The zero-order valence-corrected chi connectivity index (χ0v) is 24.8. The highest BCUT2D eigenvalue weighted by Crippen LogP contribution is 2.43. The van der Waals surface area contributed by atoms with Crippen LogP contribution in [0.5, 0.6) is 5.88 Å². The maximum Gasteiger partial charge on any atom is 0.472 e. The Hall–Kier alpha value is -0.960. The van der Waals surface area contributed by atoms with Gasteiger partial charge in [0.2, 0.25) is 0 Å². The number of nitrogens with zero attached hydrogens (tertiary/aromatic N) is 2. The summed E-state index contributed by atoms with van der Waals surface area (Å²) in [4.78, 5) is 9.97. The molecular weight excluding hydrogens is 495 g/mol. The van der Waals surface area contributed by atoms with E-state index in [2.05, 4.69) is 12.1 Å². The Balaban J connectivity index is 2.12. The average molecular weight is 550 g/mol. The van der Waals surface area contributed by atoms with Crippen molar-refractivity contribution in [3.05, 3.63) is 12.3 Å². The first kappa shape index (κ1) is 34.1. The van der Waals surface area contributed by atoms with Gasteiger partial charge in [-0.1, -0.05) is 90.4 Å². The highest BCUT2D eigenvalue weighted by molar-refractivity contribution is 7.47. The van der Waals surface area contributed by atoms with Crippen molar-refractivity contribution < 1.29 is 37.0 Å². The summed E-state index contributed by atoms with van der Waals surface area (Å²) in [5.74, 6) is 0.271. The molecule has 0 bridgehead atoms. The lowest BCUT2D eigenvalue weighted by molar-refractivity contribution is -0.870. The van der Waals surface area contributed by atoms with E-state index in [1.165, 1.54) is 83.3 Å². The number of ether oxygens (including phenoxy) is 2. The summed E-state index contributed by atoms with van der Waals surface area (Å²) in [5.41, 5.74) is 0. The van der Waals surface area contributed by atoms with Crippen LogP contribution in [0.15, 0.2) is 16.9 Å². The number of phosphoric acid groups is 1. The number of rotatable bonds is 26. The molecule has 9 nitrogen and oxygen atoms in total. The molecule has 0 fully saturated rings. The largest absolute Gasteiger partial charge is 0.472 e. The highest BCUT2D eigenvalue weighted by Gasteiger charge is 2.25.